The Morgan fingerprint density at radius 2 is 1.76 bits per heavy atom. The summed E-state index contributed by atoms with van der Waals surface area (Å²) in [6.45, 7) is 5.47. The van der Waals surface area contributed by atoms with Crippen molar-refractivity contribution < 1.29 is 18.4 Å². The number of hydroxylamine groups is 2. The Bertz CT molecular complexity index is 1020. The normalized spacial score (nSPS) is 18.6. The van der Waals surface area contributed by atoms with Crippen molar-refractivity contribution in [1.29, 1.82) is 0 Å². The molecule has 0 spiro atoms. The second kappa shape index (κ2) is 7.94. The van der Waals surface area contributed by atoms with Gasteiger partial charge in [0.2, 0.25) is 0 Å². The molecular weight excluding hydrogens is 430 g/mol. The molecule has 1 heterocycles. The topological polar surface area (TPSA) is 90.0 Å². The van der Waals surface area contributed by atoms with Gasteiger partial charge < -0.3 is 4.90 Å². The number of carbonyl (C=O) groups is 1. The van der Waals surface area contributed by atoms with Crippen molar-refractivity contribution >= 4 is 50.0 Å². The second-order valence-electron chi connectivity index (χ2n) is 7.12. The second-order valence-corrected chi connectivity index (χ2v) is 11.1. The van der Waals surface area contributed by atoms with Gasteiger partial charge in [0.05, 0.1) is 9.64 Å². The summed E-state index contributed by atoms with van der Waals surface area (Å²) in [4.78, 5) is 14.2. The van der Waals surface area contributed by atoms with Gasteiger partial charge in [-0.15, -0.1) is 0 Å². The highest BCUT2D eigenvalue weighted by Crippen LogP contribution is 2.44. The number of hydrogen-bond donors (Lipinski definition) is 2. The molecular formula is C19H21N3O4S3. The average Bonchev–Trinajstić information content (AvgIpc) is 2.90. The fourth-order valence-corrected chi connectivity index (χ4v) is 5.88. The lowest BCUT2D eigenvalue weighted by Crippen LogP contribution is -2.57. The molecule has 10 heteroatoms. The Kier molecular flexibility index (Phi) is 5.91. The number of benzene rings is 2. The average molecular weight is 452 g/mol. The SMILES string of the molecule is Cc1ccc(S(=O)(=O)NC(=O)N(O)[C@H]2N(c3ccccc3)C(=S)SC2(C)C)cc1. The maximum atomic E-state index is 12.7. The number of nitrogens with zero attached hydrogens (tertiary/aromatic N) is 2. The van der Waals surface area contributed by atoms with Gasteiger partial charge in [-0.1, -0.05) is 59.9 Å². The number of anilines is 1. The number of para-hydroxylation sites is 1. The molecule has 1 atom stereocenters. The molecule has 0 radical (unpaired) electrons. The number of thiocarbonyl (C=S) groups is 1. The molecule has 3 rings (SSSR count). The quantitative estimate of drug-likeness (QED) is 0.416. The van der Waals surface area contributed by atoms with Crippen molar-refractivity contribution in [2.24, 2.45) is 0 Å². The van der Waals surface area contributed by atoms with Gasteiger partial charge in [0.15, 0.2) is 6.17 Å². The summed E-state index contributed by atoms with van der Waals surface area (Å²) in [5.41, 5.74) is 1.57. The first-order chi connectivity index (χ1) is 13.5. The molecule has 2 amide bonds. The van der Waals surface area contributed by atoms with Crippen molar-refractivity contribution in [3.8, 4) is 0 Å². The van der Waals surface area contributed by atoms with E-state index in [2.05, 4.69) is 0 Å². The summed E-state index contributed by atoms with van der Waals surface area (Å²) in [6, 6.07) is 14.0. The Morgan fingerprint density at radius 1 is 1.17 bits per heavy atom. The summed E-state index contributed by atoms with van der Waals surface area (Å²) < 4.78 is 26.8. The smallest absolute Gasteiger partial charge is 0.302 e. The predicted molar refractivity (Wildman–Crippen MR) is 117 cm³/mol. The van der Waals surface area contributed by atoms with Gasteiger partial charge in [-0.3, -0.25) is 5.21 Å². The first kappa shape index (κ1) is 21.6. The Labute approximate surface area is 179 Å². The van der Waals surface area contributed by atoms with Crippen LogP contribution < -0.4 is 9.62 Å². The Morgan fingerprint density at radius 3 is 2.34 bits per heavy atom. The van der Waals surface area contributed by atoms with Gasteiger partial charge in [-0.25, -0.2) is 17.9 Å². The van der Waals surface area contributed by atoms with E-state index in [1.54, 1.807) is 29.2 Å². The van der Waals surface area contributed by atoms with E-state index < -0.39 is 27.0 Å². The van der Waals surface area contributed by atoms with Crippen LogP contribution in [0.1, 0.15) is 19.4 Å². The standard InChI is InChI=1S/C19H21N3O4S3/c1-13-9-11-15(12-10-13)29(25,26)20-17(23)22(24)16-19(2,3)28-18(27)21(16)14-7-5-4-6-8-14/h4-12,16,24H,1-3H3,(H,20,23)/t16-/m1/s1. The first-order valence-electron chi connectivity index (χ1n) is 8.72. The zero-order chi connectivity index (χ0) is 21.4. The fourth-order valence-electron chi connectivity index (χ4n) is 3.03. The summed E-state index contributed by atoms with van der Waals surface area (Å²) in [5.74, 6) is 0. The van der Waals surface area contributed by atoms with Crippen molar-refractivity contribution in [3.05, 3.63) is 60.2 Å². The fraction of sp³-hybridized carbons (Fsp3) is 0.263. The maximum absolute atomic E-state index is 12.7. The molecule has 7 nitrogen and oxygen atoms in total. The Hall–Kier alpha value is -2.14. The number of carbonyl (C=O) groups excluding carboxylic acids is 1. The maximum Gasteiger partial charge on any atom is 0.357 e. The van der Waals surface area contributed by atoms with Gasteiger partial charge in [0.25, 0.3) is 10.0 Å². The predicted octanol–water partition coefficient (Wildman–Crippen LogP) is 3.73. The van der Waals surface area contributed by atoms with E-state index >= 15 is 0 Å². The zero-order valence-corrected chi connectivity index (χ0v) is 18.5. The Balaban J connectivity index is 1.88. The van der Waals surface area contributed by atoms with Crippen LogP contribution in [0.4, 0.5) is 10.5 Å². The molecule has 1 saturated heterocycles. The number of amides is 2. The van der Waals surface area contributed by atoms with Crippen molar-refractivity contribution in [2.75, 3.05) is 4.90 Å². The molecule has 0 saturated carbocycles. The number of sulfonamides is 1. The lowest BCUT2D eigenvalue weighted by molar-refractivity contribution is -0.0795. The third-order valence-corrected chi connectivity index (χ3v) is 7.33. The minimum atomic E-state index is -4.14. The summed E-state index contributed by atoms with van der Waals surface area (Å²) in [6.07, 6.45) is -0.907. The third kappa shape index (κ3) is 4.40. The van der Waals surface area contributed by atoms with Crippen molar-refractivity contribution in [3.63, 3.8) is 0 Å². The summed E-state index contributed by atoms with van der Waals surface area (Å²) in [7, 11) is -4.14. The number of rotatable bonds is 4. The highest BCUT2D eigenvalue weighted by atomic mass is 32.2. The highest BCUT2D eigenvalue weighted by molar-refractivity contribution is 8.24. The summed E-state index contributed by atoms with van der Waals surface area (Å²) in [5, 5.41) is 11.1. The molecule has 2 aromatic carbocycles. The minimum Gasteiger partial charge on any atom is -0.302 e. The van der Waals surface area contributed by atoms with Gasteiger partial charge in [-0.2, -0.15) is 5.06 Å². The largest absolute Gasteiger partial charge is 0.357 e. The molecule has 154 valence electrons. The van der Waals surface area contributed by atoms with E-state index in [1.165, 1.54) is 23.9 Å². The number of urea groups is 1. The number of hydrogen-bond acceptors (Lipinski definition) is 6. The number of nitrogens with one attached hydrogen (secondary N) is 1. The first-order valence-corrected chi connectivity index (χ1v) is 11.4. The molecule has 1 fully saturated rings. The van der Waals surface area contributed by atoms with Crippen LogP contribution in [0.3, 0.4) is 0 Å². The van der Waals surface area contributed by atoms with Crippen LogP contribution in [0.15, 0.2) is 59.5 Å². The molecule has 0 bridgehead atoms. The zero-order valence-electron chi connectivity index (χ0n) is 16.1. The van der Waals surface area contributed by atoms with E-state index in [9.17, 15) is 18.4 Å². The summed E-state index contributed by atoms with van der Waals surface area (Å²) >= 11 is 6.78. The molecule has 2 aromatic rings. The lowest BCUT2D eigenvalue weighted by Gasteiger charge is -2.36. The van der Waals surface area contributed by atoms with Gasteiger partial charge in [-0.05, 0) is 45.0 Å². The van der Waals surface area contributed by atoms with Crippen LogP contribution >= 0.6 is 24.0 Å². The van der Waals surface area contributed by atoms with Crippen LogP contribution in [0.5, 0.6) is 0 Å². The van der Waals surface area contributed by atoms with Gasteiger partial charge >= 0.3 is 6.03 Å². The molecule has 0 aromatic heterocycles. The lowest BCUT2D eigenvalue weighted by atomic mass is 10.1. The van der Waals surface area contributed by atoms with Crippen LogP contribution in [-0.4, -0.2) is 40.0 Å². The third-order valence-electron chi connectivity index (χ3n) is 4.44. The molecule has 29 heavy (non-hydrogen) atoms. The molecule has 1 aliphatic heterocycles. The number of thioether (sulfide) groups is 1. The van der Waals surface area contributed by atoms with Crippen molar-refractivity contribution in [1.82, 2.24) is 9.79 Å². The highest BCUT2D eigenvalue weighted by Gasteiger charge is 2.50. The molecule has 0 unspecified atom stereocenters. The van der Waals surface area contributed by atoms with E-state index in [4.69, 9.17) is 12.2 Å². The van der Waals surface area contributed by atoms with Crippen molar-refractivity contribution in [2.45, 2.75) is 36.6 Å². The van der Waals surface area contributed by atoms with E-state index in [1.807, 2.05) is 43.7 Å². The van der Waals surface area contributed by atoms with E-state index in [0.717, 1.165) is 5.56 Å². The van der Waals surface area contributed by atoms with Gasteiger partial charge in [0.1, 0.15) is 4.32 Å². The van der Waals surface area contributed by atoms with Crippen LogP contribution in [0.2, 0.25) is 0 Å². The number of aryl methyl sites for hydroxylation is 1. The van der Waals surface area contributed by atoms with Crippen LogP contribution in [0.25, 0.3) is 0 Å². The van der Waals surface area contributed by atoms with Gasteiger partial charge in [0, 0.05) is 5.69 Å². The molecule has 0 aliphatic carbocycles. The monoisotopic (exact) mass is 451 g/mol. The minimum absolute atomic E-state index is 0.0691. The van der Waals surface area contributed by atoms with E-state index in [-0.39, 0.29) is 4.90 Å². The van der Waals surface area contributed by atoms with Crippen LogP contribution in [-0.2, 0) is 10.0 Å². The molecule has 2 N–H and O–H groups in total. The van der Waals surface area contributed by atoms with Crippen LogP contribution in [0, 0.1) is 6.92 Å². The van der Waals surface area contributed by atoms with E-state index in [0.29, 0.717) is 15.1 Å². The molecule has 1 aliphatic rings.